The van der Waals surface area contributed by atoms with Crippen molar-refractivity contribution in [3.8, 4) is 0 Å². The second-order valence-corrected chi connectivity index (χ2v) is 5.93. The quantitative estimate of drug-likeness (QED) is 0.820. The van der Waals surface area contributed by atoms with Crippen LogP contribution < -0.4 is 5.73 Å². The summed E-state index contributed by atoms with van der Waals surface area (Å²) in [6, 6.07) is -0.266. The van der Waals surface area contributed by atoms with Crippen LogP contribution in [-0.4, -0.2) is 29.9 Å². The van der Waals surface area contributed by atoms with Crippen LogP contribution in [0.5, 0.6) is 0 Å². The molecule has 3 nitrogen and oxygen atoms in total. The molecule has 0 aromatic rings. The van der Waals surface area contributed by atoms with Gasteiger partial charge in [-0.1, -0.05) is 26.2 Å². The van der Waals surface area contributed by atoms with Crippen LogP contribution in [0.25, 0.3) is 0 Å². The molecule has 1 saturated carbocycles. The lowest BCUT2D eigenvalue weighted by Crippen LogP contribution is -2.48. The van der Waals surface area contributed by atoms with Gasteiger partial charge in [0, 0.05) is 13.1 Å². The molecule has 1 aliphatic heterocycles. The Balaban J connectivity index is 1.84. The second-order valence-electron chi connectivity index (χ2n) is 5.93. The molecule has 1 atom stereocenters. The lowest BCUT2D eigenvalue weighted by atomic mass is 9.77. The first-order valence-electron chi connectivity index (χ1n) is 7.21. The van der Waals surface area contributed by atoms with E-state index in [0.29, 0.717) is 5.41 Å². The maximum Gasteiger partial charge on any atom is 0.239 e. The molecule has 2 N–H and O–H groups in total. The molecule has 1 aliphatic carbocycles. The van der Waals surface area contributed by atoms with Gasteiger partial charge in [0.05, 0.1) is 6.04 Å². The molecular formula is C14H26N2O. The number of hydrogen-bond donors (Lipinski definition) is 1. The molecule has 17 heavy (non-hydrogen) atoms. The van der Waals surface area contributed by atoms with Gasteiger partial charge in [0.25, 0.3) is 0 Å². The molecule has 0 radical (unpaired) electrons. The summed E-state index contributed by atoms with van der Waals surface area (Å²) in [4.78, 5) is 14.1. The van der Waals surface area contributed by atoms with Crippen LogP contribution in [0.3, 0.4) is 0 Å². The first-order valence-corrected chi connectivity index (χ1v) is 7.21. The van der Waals surface area contributed by atoms with Crippen LogP contribution in [0.1, 0.15) is 58.3 Å². The van der Waals surface area contributed by atoms with Crippen molar-refractivity contribution in [2.75, 3.05) is 13.1 Å². The number of likely N-dealkylation sites (tertiary alicyclic amines) is 1. The van der Waals surface area contributed by atoms with E-state index in [2.05, 4.69) is 6.92 Å². The summed E-state index contributed by atoms with van der Waals surface area (Å²) >= 11 is 0. The number of hydrogen-bond acceptors (Lipinski definition) is 2. The Labute approximate surface area is 105 Å². The number of nitrogens with zero attached hydrogens (tertiary/aromatic N) is 1. The molecule has 1 amide bonds. The van der Waals surface area contributed by atoms with Gasteiger partial charge in [-0.25, -0.2) is 0 Å². The van der Waals surface area contributed by atoms with Gasteiger partial charge in [-0.05, 0) is 37.5 Å². The maximum absolute atomic E-state index is 12.1. The fraction of sp³-hybridized carbons (Fsp3) is 0.929. The van der Waals surface area contributed by atoms with Gasteiger partial charge in [0.1, 0.15) is 0 Å². The molecule has 1 heterocycles. The smallest absolute Gasteiger partial charge is 0.239 e. The van der Waals surface area contributed by atoms with Crippen molar-refractivity contribution in [2.45, 2.75) is 64.3 Å². The molecule has 1 spiro atoms. The highest BCUT2D eigenvalue weighted by Crippen LogP contribution is 2.46. The van der Waals surface area contributed by atoms with Gasteiger partial charge >= 0.3 is 0 Å². The van der Waals surface area contributed by atoms with E-state index >= 15 is 0 Å². The SMILES string of the molecule is CCC[C@@H](N)C(=O)N1CCC2(CCCC2)CC1. The summed E-state index contributed by atoms with van der Waals surface area (Å²) in [5.74, 6) is 0.180. The van der Waals surface area contributed by atoms with E-state index in [0.717, 1.165) is 25.9 Å². The monoisotopic (exact) mass is 238 g/mol. The average molecular weight is 238 g/mol. The third kappa shape index (κ3) is 2.82. The molecule has 0 aromatic carbocycles. The minimum atomic E-state index is -0.266. The molecule has 1 saturated heterocycles. The van der Waals surface area contributed by atoms with Gasteiger partial charge < -0.3 is 10.6 Å². The van der Waals surface area contributed by atoms with Crippen molar-refractivity contribution in [3.05, 3.63) is 0 Å². The number of amides is 1. The lowest BCUT2D eigenvalue weighted by molar-refractivity contribution is -0.135. The number of rotatable bonds is 3. The largest absolute Gasteiger partial charge is 0.341 e. The molecule has 2 aliphatic rings. The summed E-state index contributed by atoms with van der Waals surface area (Å²) in [6.07, 6.45) is 9.78. The van der Waals surface area contributed by atoms with Crippen molar-refractivity contribution in [1.82, 2.24) is 4.90 Å². The van der Waals surface area contributed by atoms with E-state index in [1.165, 1.54) is 38.5 Å². The second kappa shape index (κ2) is 5.38. The van der Waals surface area contributed by atoms with E-state index in [4.69, 9.17) is 5.73 Å². The maximum atomic E-state index is 12.1. The highest BCUT2D eigenvalue weighted by molar-refractivity contribution is 5.81. The Morgan fingerprint density at radius 3 is 2.35 bits per heavy atom. The van der Waals surface area contributed by atoms with E-state index < -0.39 is 0 Å². The minimum absolute atomic E-state index is 0.180. The normalized spacial score (nSPS) is 25.2. The fourth-order valence-corrected chi connectivity index (χ4v) is 3.50. The summed E-state index contributed by atoms with van der Waals surface area (Å²) < 4.78 is 0. The zero-order chi connectivity index (χ0) is 12.3. The number of piperidine rings is 1. The van der Waals surface area contributed by atoms with Crippen molar-refractivity contribution in [3.63, 3.8) is 0 Å². The highest BCUT2D eigenvalue weighted by atomic mass is 16.2. The molecule has 98 valence electrons. The Hall–Kier alpha value is -0.570. The van der Waals surface area contributed by atoms with Crippen LogP contribution >= 0.6 is 0 Å². The van der Waals surface area contributed by atoms with Crippen LogP contribution in [0.15, 0.2) is 0 Å². The molecule has 0 unspecified atom stereocenters. The molecule has 3 heteroatoms. The predicted molar refractivity (Wildman–Crippen MR) is 69.6 cm³/mol. The molecule has 2 rings (SSSR count). The van der Waals surface area contributed by atoms with Crippen molar-refractivity contribution in [2.24, 2.45) is 11.1 Å². The number of carbonyl (C=O) groups excluding carboxylic acids is 1. The predicted octanol–water partition coefficient (Wildman–Crippen LogP) is 2.30. The zero-order valence-electron chi connectivity index (χ0n) is 11.1. The molecule has 0 aromatic heterocycles. The number of carbonyl (C=O) groups is 1. The van der Waals surface area contributed by atoms with E-state index in [1.54, 1.807) is 0 Å². The Kier molecular flexibility index (Phi) is 4.08. The Morgan fingerprint density at radius 2 is 1.82 bits per heavy atom. The summed E-state index contributed by atoms with van der Waals surface area (Å²) in [6.45, 7) is 3.96. The third-order valence-corrected chi connectivity index (χ3v) is 4.72. The van der Waals surface area contributed by atoms with E-state index in [1.807, 2.05) is 4.90 Å². The van der Waals surface area contributed by atoms with E-state index in [9.17, 15) is 4.79 Å². The van der Waals surface area contributed by atoms with Gasteiger partial charge in [0.2, 0.25) is 5.91 Å². The third-order valence-electron chi connectivity index (χ3n) is 4.72. The summed E-state index contributed by atoms with van der Waals surface area (Å²) in [5.41, 5.74) is 6.50. The summed E-state index contributed by atoms with van der Waals surface area (Å²) in [5, 5.41) is 0. The Bertz CT molecular complexity index is 261. The first-order chi connectivity index (χ1) is 8.17. The molecule has 0 bridgehead atoms. The van der Waals surface area contributed by atoms with Gasteiger partial charge in [-0.2, -0.15) is 0 Å². The van der Waals surface area contributed by atoms with Crippen molar-refractivity contribution in [1.29, 1.82) is 0 Å². The average Bonchev–Trinajstić information content (AvgIpc) is 2.78. The van der Waals surface area contributed by atoms with Gasteiger partial charge in [-0.15, -0.1) is 0 Å². The van der Waals surface area contributed by atoms with Crippen LogP contribution in [-0.2, 0) is 4.79 Å². The standard InChI is InChI=1S/C14H26N2O/c1-2-5-12(15)13(17)16-10-8-14(9-11-16)6-3-4-7-14/h12H,2-11,15H2,1H3/t12-/m1/s1. The van der Waals surface area contributed by atoms with Crippen LogP contribution in [0.2, 0.25) is 0 Å². The summed E-state index contributed by atoms with van der Waals surface area (Å²) in [7, 11) is 0. The highest BCUT2D eigenvalue weighted by Gasteiger charge is 2.38. The van der Waals surface area contributed by atoms with Crippen molar-refractivity contribution >= 4 is 5.91 Å². The van der Waals surface area contributed by atoms with Crippen LogP contribution in [0, 0.1) is 5.41 Å². The molecular weight excluding hydrogens is 212 g/mol. The zero-order valence-corrected chi connectivity index (χ0v) is 11.1. The van der Waals surface area contributed by atoms with Crippen molar-refractivity contribution < 1.29 is 4.79 Å². The number of nitrogens with two attached hydrogens (primary N) is 1. The van der Waals surface area contributed by atoms with Gasteiger partial charge in [0.15, 0.2) is 0 Å². The Morgan fingerprint density at radius 1 is 1.24 bits per heavy atom. The molecule has 2 fully saturated rings. The minimum Gasteiger partial charge on any atom is -0.341 e. The van der Waals surface area contributed by atoms with Crippen LogP contribution in [0.4, 0.5) is 0 Å². The fourth-order valence-electron chi connectivity index (χ4n) is 3.50. The topological polar surface area (TPSA) is 46.3 Å². The first kappa shape index (κ1) is 12.9. The van der Waals surface area contributed by atoms with E-state index in [-0.39, 0.29) is 11.9 Å². The van der Waals surface area contributed by atoms with Gasteiger partial charge in [-0.3, -0.25) is 4.79 Å². The lowest BCUT2D eigenvalue weighted by Gasteiger charge is -2.40.